The van der Waals surface area contributed by atoms with Crippen molar-refractivity contribution in [2.24, 2.45) is 5.73 Å². The van der Waals surface area contributed by atoms with E-state index in [9.17, 15) is 0 Å². The molecule has 0 aliphatic carbocycles. The third kappa shape index (κ3) is 2.57. The molecule has 3 nitrogen and oxygen atoms in total. The van der Waals surface area contributed by atoms with Crippen molar-refractivity contribution in [2.45, 2.75) is 6.42 Å². The third-order valence-corrected chi connectivity index (χ3v) is 1.57. The number of aromatic nitrogens is 2. The molecule has 1 aromatic heterocycles. The number of H-pyrrole nitrogens is 1. The fourth-order valence-corrected chi connectivity index (χ4v) is 1.26. The zero-order valence-corrected chi connectivity index (χ0v) is 7.37. The summed E-state index contributed by atoms with van der Waals surface area (Å²) in [5.74, 6) is 0. The fourth-order valence-electron chi connectivity index (χ4n) is 0.765. The maximum Gasteiger partial charge on any atom is 0.198 e. The molecule has 0 aromatic carbocycles. The summed E-state index contributed by atoms with van der Waals surface area (Å²) < 4.78 is 0.404. The van der Waals surface area contributed by atoms with Crippen LogP contribution in [0.4, 0.5) is 0 Å². The predicted molar refractivity (Wildman–Crippen MR) is 47.2 cm³/mol. The smallest absolute Gasteiger partial charge is 0.198 e. The van der Waals surface area contributed by atoms with Crippen LogP contribution < -0.4 is 5.73 Å². The second-order valence-electron chi connectivity index (χ2n) is 2.07. The van der Waals surface area contributed by atoms with Gasteiger partial charge < -0.3 is 10.7 Å². The van der Waals surface area contributed by atoms with Gasteiger partial charge in [-0.25, -0.2) is 4.98 Å². The summed E-state index contributed by atoms with van der Waals surface area (Å²) in [5.41, 5.74) is 6.27. The molecule has 11 heavy (non-hydrogen) atoms. The monoisotopic (exact) mass is 189 g/mol. The molecule has 0 saturated carbocycles. The van der Waals surface area contributed by atoms with Gasteiger partial charge in [0.15, 0.2) is 4.77 Å². The van der Waals surface area contributed by atoms with Crippen LogP contribution in [-0.2, 0) is 6.42 Å². The maximum atomic E-state index is 5.65. The lowest BCUT2D eigenvalue weighted by Gasteiger charge is -1.97. The fraction of sp³-hybridized carbons (Fsp3) is 0.333. The van der Waals surface area contributed by atoms with Crippen LogP contribution in [0.2, 0.25) is 5.15 Å². The average molecular weight is 190 g/mol. The molecule has 60 valence electrons. The summed E-state index contributed by atoms with van der Waals surface area (Å²) in [5, 5.41) is 0.414. The largest absolute Gasteiger partial charge is 0.334 e. The first kappa shape index (κ1) is 8.64. The molecule has 0 radical (unpaired) electrons. The zero-order valence-electron chi connectivity index (χ0n) is 5.80. The van der Waals surface area contributed by atoms with Crippen LogP contribution in [0.25, 0.3) is 0 Å². The van der Waals surface area contributed by atoms with E-state index in [4.69, 9.17) is 29.6 Å². The van der Waals surface area contributed by atoms with E-state index >= 15 is 0 Å². The first-order valence-electron chi connectivity index (χ1n) is 3.18. The molecular formula is C6H8ClN3S. The lowest BCUT2D eigenvalue weighted by Crippen LogP contribution is -2.04. The van der Waals surface area contributed by atoms with Gasteiger partial charge in [-0.2, -0.15) is 0 Å². The minimum atomic E-state index is 0.404. The van der Waals surface area contributed by atoms with Crippen LogP contribution in [0, 0.1) is 4.77 Å². The number of halogens is 1. The van der Waals surface area contributed by atoms with Gasteiger partial charge in [-0.1, -0.05) is 11.6 Å². The van der Waals surface area contributed by atoms with Crippen LogP contribution in [0.3, 0.4) is 0 Å². The summed E-state index contributed by atoms with van der Waals surface area (Å²) >= 11 is 10.5. The predicted octanol–water partition coefficient (Wildman–Crippen LogP) is 1.29. The van der Waals surface area contributed by atoms with Crippen LogP contribution in [-0.4, -0.2) is 16.5 Å². The van der Waals surface area contributed by atoms with Crippen LogP contribution in [0.5, 0.6) is 0 Å². The van der Waals surface area contributed by atoms with Crippen molar-refractivity contribution in [1.29, 1.82) is 0 Å². The van der Waals surface area contributed by atoms with Gasteiger partial charge in [0.2, 0.25) is 0 Å². The second-order valence-corrected chi connectivity index (χ2v) is 2.85. The third-order valence-electron chi connectivity index (χ3n) is 1.18. The molecule has 1 rings (SSSR count). The molecule has 3 N–H and O–H groups in total. The highest BCUT2D eigenvalue weighted by Crippen LogP contribution is 2.04. The molecule has 1 aromatic rings. The van der Waals surface area contributed by atoms with Crippen molar-refractivity contribution in [3.63, 3.8) is 0 Å². The van der Waals surface area contributed by atoms with E-state index in [-0.39, 0.29) is 0 Å². The van der Waals surface area contributed by atoms with Crippen molar-refractivity contribution >= 4 is 23.8 Å². The number of nitrogens with one attached hydrogen (secondary N) is 1. The molecule has 0 atom stereocenters. The number of hydrogen-bond acceptors (Lipinski definition) is 3. The Morgan fingerprint density at radius 1 is 1.73 bits per heavy atom. The normalized spacial score (nSPS) is 10.0. The highest BCUT2D eigenvalue weighted by molar-refractivity contribution is 7.71. The molecule has 0 aliphatic heterocycles. The van der Waals surface area contributed by atoms with E-state index in [1.807, 2.05) is 0 Å². The Morgan fingerprint density at radius 2 is 2.45 bits per heavy atom. The maximum absolute atomic E-state index is 5.65. The van der Waals surface area contributed by atoms with Gasteiger partial charge in [0.25, 0.3) is 0 Å². The molecule has 5 heteroatoms. The Labute approximate surface area is 74.6 Å². The zero-order chi connectivity index (χ0) is 8.27. The molecule has 0 bridgehead atoms. The first-order chi connectivity index (χ1) is 5.22. The van der Waals surface area contributed by atoms with E-state index < -0.39 is 0 Å². The SMILES string of the molecule is NCCc1cc(Cl)nc(=S)[nH]1. The molecule has 0 amide bonds. The quantitative estimate of drug-likeness (QED) is 0.545. The standard InChI is InChI=1S/C6H8ClN3S/c7-5-3-4(1-2-8)9-6(11)10-5/h3H,1-2,8H2,(H,9,10,11). The lowest BCUT2D eigenvalue weighted by atomic mass is 10.3. The minimum Gasteiger partial charge on any atom is -0.334 e. The Balaban J connectivity index is 2.99. The highest BCUT2D eigenvalue weighted by atomic mass is 35.5. The topological polar surface area (TPSA) is 54.7 Å². The van der Waals surface area contributed by atoms with Gasteiger partial charge in [-0.3, -0.25) is 0 Å². The molecule has 0 aliphatic rings. The Bertz CT molecular complexity index is 296. The lowest BCUT2D eigenvalue weighted by molar-refractivity contribution is 0.903. The van der Waals surface area contributed by atoms with E-state index in [0.717, 1.165) is 12.1 Å². The molecule has 1 heterocycles. The van der Waals surface area contributed by atoms with Gasteiger partial charge in [-0.15, -0.1) is 0 Å². The van der Waals surface area contributed by atoms with Crippen molar-refractivity contribution < 1.29 is 0 Å². The van der Waals surface area contributed by atoms with Gasteiger partial charge in [0, 0.05) is 5.69 Å². The Hall–Kier alpha value is -0.450. The van der Waals surface area contributed by atoms with Crippen LogP contribution >= 0.6 is 23.8 Å². The van der Waals surface area contributed by atoms with E-state index in [0.29, 0.717) is 16.5 Å². The van der Waals surface area contributed by atoms with Gasteiger partial charge >= 0.3 is 0 Å². The van der Waals surface area contributed by atoms with Gasteiger partial charge in [0.1, 0.15) is 5.15 Å². The van der Waals surface area contributed by atoms with E-state index in [2.05, 4.69) is 9.97 Å². The minimum absolute atomic E-state index is 0.404. The van der Waals surface area contributed by atoms with Crippen molar-refractivity contribution in [3.8, 4) is 0 Å². The number of rotatable bonds is 2. The van der Waals surface area contributed by atoms with Gasteiger partial charge in [-0.05, 0) is 31.2 Å². The highest BCUT2D eigenvalue weighted by Gasteiger charge is 1.94. The van der Waals surface area contributed by atoms with E-state index in [1.165, 1.54) is 0 Å². The molecular weight excluding hydrogens is 182 g/mol. The first-order valence-corrected chi connectivity index (χ1v) is 3.97. The number of aromatic amines is 1. The summed E-state index contributed by atoms with van der Waals surface area (Å²) in [6, 6.07) is 1.73. The summed E-state index contributed by atoms with van der Waals surface area (Å²) in [6.45, 7) is 0.575. The molecule has 0 saturated heterocycles. The van der Waals surface area contributed by atoms with Crippen LogP contribution in [0.15, 0.2) is 6.07 Å². The van der Waals surface area contributed by atoms with Crippen molar-refractivity contribution in [1.82, 2.24) is 9.97 Å². The molecule has 0 unspecified atom stereocenters. The summed E-state index contributed by atoms with van der Waals surface area (Å²) in [6.07, 6.45) is 0.742. The van der Waals surface area contributed by atoms with Gasteiger partial charge in [0.05, 0.1) is 0 Å². The Morgan fingerprint density at radius 3 is 3.00 bits per heavy atom. The van der Waals surface area contributed by atoms with Crippen LogP contribution in [0.1, 0.15) is 5.69 Å². The van der Waals surface area contributed by atoms with Crippen molar-refractivity contribution in [2.75, 3.05) is 6.54 Å². The summed E-state index contributed by atoms with van der Waals surface area (Å²) in [7, 11) is 0. The second kappa shape index (κ2) is 3.80. The number of hydrogen-bond donors (Lipinski definition) is 2. The number of nitrogens with two attached hydrogens (primary N) is 1. The average Bonchev–Trinajstić information content (AvgIpc) is 1.85. The molecule has 0 spiro atoms. The number of nitrogens with zero attached hydrogens (tertiary/aromatic N) is 1. The Kier molecular flexibility index (Phi) is 2.99. The van der Waals surface area contributed by atoms with E-state index in [1.54, 1.807) is 6.07 Å². The van der Waals surface area contributed by atoms with Crippen molar-refractivity contribution in [3.05, 3.63) is 21.7 Å². The molecule has 0 fully saturated rings. The summed E-state index contributed by atoms with van der Waals surface area (Å²) in [4.78, 5) is 6.69.